The Kier molecular flexibility index (Phi) is 8.38. The van der Waals surface area contributed by atoms with E-state index in [0.29, 0.717) is 6.54 Å². The van der Waals surface area contributed by atoms with Gasteiger partial charge in [-0.2, -0.15) is 12.6 Å². The lowest BCUT2D eigenvalue weighted by atomic mass is 10.1. The van der Waals surface area contributed by atoms with Crippen LogP contribution in [0.3, 0.4) is 0 Å². The van der Waals surface area contributed by atoms with Crippen LogP contribution in [-0.4, -0.2) is 24.2 Å². The first-order valence-corrected chi connectivity index (χ1v) is 7.96. The van der Waals surface area contributed by atoms with Crippen molar-refractivity contribution in [3.05, 3.63) is 35.4 Å². The molecule has 0 aromatic heterocycles. The van der Waals surface area contributed by atoms with Gasteiger partial charge in [-0.3, -0.25) is 4.79 Å². The average molecular weight is 294 g/mol. The highest BCUT2D eigenvalue weighted by Gasteiger charge is 2.11. The van der Waals surface area contributed by atoms with Crippen LogP contribution in [0.2, 0.25) is 0 Å². The first-order chi connectivity index (χ1) is 9.63. The Morgan fingerprint density at radius 1 is 1.35 bits per heavy atom. The minimum atomic E-state index is -0.382. The number of rotatable bonds is 9. The van der Waals surface area contributed by atoms with Gasteiger partial charge in [0, 0.05) is 6.54 Å². The molecule has 1 atom stereocenters. The summed E-state index contributed by atoms with van der Waals surface area (Å²) in [7, 11) is 0. The van der Waals surface area contributed by atoms with Crippen molar-refractivity contribution in [3.63, 3.8) is 0 Å². The zero-order valence-electron chi connectivity index (χ0n) is 12.3. The zero-order chi connectivity index (χ0) is 14.8. The van der Waals surface area contributed by atoms with Crippen LogP contribution in [0.5, 0.6) is 0 Å². The van der Waals surface area contributed by atoms with Crippen molar-refractivity contribution in [2.75, 3.05) is 12.3 Å². The monoisotopic (exact) mass is 294 g/mol. The lowest BCUT2D eigenvalue weighted by Crippen LogP contribution is -2.41. The summed E-state index contributed by atoms with van der Waals surface area (Å²) in [5.41, 5.74) is 8.36. The van der Waals surface area contributed by atoms with Gasteiger partial charge in [-0.05, 0) is 37.5 Å². The van der Waals surface area contributed by atoms with E-state index in [-0.39, 0.29) is 11.9 Å². The molecule has 112 valence electrons. The molecule has 0 saturated heterocycles. The number of unbranched alkanes of at least 4 members (excludes halogenated alkanes) is 2. The Balaban J connectivity index is 2.19. The molecule has 3 N–H and O–H groups in total. The van der Waals surface area contributed by atoms with E-state index in [1.54, 1.807) is 0 Å². The largest absolute Gasteiger partial charge is 0.354 e. The van der Waals surface area contributed by atoms with Gasteiger partial charge in [-0.1, -0.05) is 42.7 Å². The summed E-state index contributed by atoms with van der Waals surface area (Å²) >= 11 is 4.16. The number of carbonyl (C=O) groups excluding carboxylic acids is 1. The second-order valence-electron chi connectivity index (χ2n) is 5.21. The van der Waals surface area contributed by atoms with Crippen molar-refractivity contribution in [3.8, 4) is 0 Å². The summed E-state index contributed by atoms with van der Waals surface area (Å²) in [5, 5.41) is 2.91. The molecule has 1 aromatic rings. The molecule has 1 aromatic carbocycles. The van der Waals surface area contributed by atoms with E-state index in [2.05, 4.69) is 43.1 Å². The van der Waals surface area contributed by atoms with Crippen molar-refractivity contribution in [1.29, 1.82) is 0 Å². The van der Waals surface area contributed by atoms with E-state index in [4.69, 9.17) is 5.73 Å². The number of aryl methyl sites for hydroxylation is 1. The third-order valence-corrected chi connectivity index (χ3v) is 3.62. The van der Waals surface area contributed by atoms with Gasteiger partial charge >= 0.3 is 0 Å². The van der Waals surface area contributed by atoms with Crippen LogP contribution < -0.4 is 11.1 Å². The van der Waals surface area contributed by atoms with Crippen molar-refractivity contribution in [2.24, 2.45) is 5.73 Å². The number of benzene rings is 1. The summed E-state index contributed by atoms with van der Waals surface area (Å²) in [6, 6.07) is 7.95. The molecule has 0 unspecified atom stereocenters. The molecule has 0 aliphatic rings. The van der Waals surface area contributed by atoms with Crippen LogP contribution in [0, 0.1) is 6.92 Å². The van der Waals surface area contributed by atoms with Crippen LogP contribution in [-0.2, 0) is 11.2 Å². The number of nitrogens with two attached hydrogens (primary N) is 1. The molecule has 3 nitrogen and oxygen atoms in total. The van der Waals surface area contributed by atoms with E-state index in [1.165, 1.54) is 11.1 Å². The smallest absolute Gasteiger partial charge is 0.236 e. The fourth-order valence-electron chi connectivity index (χ4n) is 2.11. The standard InChI is InChI=1S/C16H26N2OS/c1-13-6-5-7-14(12-13)9-10-18-16(19)15(17)8-3-2-4-11-20/h5-7,12,15,20H,2-4,8-11,17H2,1H3,(H,18,19)/t15-/m0/s1. The summed E-state index contributed by atoms with van der Waals surface area (Å²) in [4.78, 5) is 11.8. The second-order valence-corrected chi connectivity index (χ2v) is 5.66. The SMILES string of the molecule is Cc1cccc(CCNC(=O)[C@@H](N)CCCCCS)c1. The molecule has 4 heteroatoms. The second kappa shape index (κ2) is 9.83. The Bertz CT molecular complexity index is 409. The maximum atomic E-state index is 11.8. The van der Waals surface area contributed by atoms with Crippen molar-refractivity contribution in [2.45, 2.75) is 45.1 Å². The molecule has 0 fully saturated rings. The number of amides is 1. The molecule has 20 heavy (non-hydrogen) atoms. The van der Waals surface area contributed by atoms with Gasteiger partial charge in [0.15, 0.2) is 0 Å². The van der Waals surface area contributed by atoms with Gasteiger partial charge in [-0.15, -0.1) is 0 Å². The number of hydrogen-bond acceptors (Lipinski definition) is 3. The molecule has 0 radical (unpaired) electrons. The van der Waals surface area contributed by atoms with Crippen LogP contribution in [0.25, 0.3) is 0 Å². The quantitative estimate of drug-likeness (QED) is 0.484. The fraction of sp³-hybridized carbons (Fsp3) is 0.562. The first-order valence-electron chi connectivity index (χ1n) is 7.33. The van der Waals surface area contributed by atoms with E-state index < -0.39 is 0 Å². The zero-order valence-corrected chi connectivity index (χ0v) is 13.2. The number of carbonyl (C=O) groups is 1. The van der Waals surface area contributed by atoms with Gasteiger partial charge in [0.2, 0.25) is 5.91 Å². The third kappa shape index (κ3) is 6.96. The van der Waals surface area contributed by atoms with Gasteiger partial charge in [0.05, 0.1) is 6.04 Å². The third-order valence-electron chi connectivity index (χ3n) is 3.31. The maximum Gasteiger partial charge on any atom is 0.236 e. The maximum absolute atomic E-state index is 11.8. The highest BCUT2D eigenvalue weighted by Crippen LogP contribution is 2.05. The Morgan fingerprint density at radius 3 is 2.85 bits per heavy atom. The van der Waals surface area contributed by atoms with Crippen molar-refractivity contribution in [1.82, 2.24) is 5.32 Å². The molecule has 0 aliphatic carbocycles. The van der Waals surface area contributed by atoms with E-state index in [9.17, 15) is 4.79 Å². The molecule has 0 aliphatic heterocycles. The predicted molar refractivity (Wildman–Crippen MR) is 88.2 cm³/mol. The molecular weight excluding hydrogens is 268 g/mol. The molecule has 0 spiro atoms. The Labute approximate surface area is 127 Å². The lowest BCUT2D eigenvalue weighted by molar-refractivity contribution is -0.122. The first kappa shape index (κ1) is 17.1. The van der Waals surface area contributed by atoms with E-state index in [0.717, 1.165) is 37.9 Å². The van der Waals surface area contributed by atoms with Crippen molar-refractivity contribution < 1.29 is 4.79 Å². The van der Waals surface area contributed by atoms with Gasteiger partial charge in [0.1, 0.15) is 0 Å². The van der Waals surface area contributed by atoms with E-state index in [1.807, 2.05) is 6.07 Å². The lowest BCUT2D eigenvalue weighted by Gasteiger charge is -2.12. The fourth-order valence-corrected chi connectivity index (χ4v) is 2.34. The number of thiol groups is 1. The minimum Gasteiger partial charge on any atom is -0.354 e. The molecular formula is C16H26N2OS. The summed E-state index contributed by atoms with van der Waals surface area (Å²) in [5.74, 6) is 0.862. The Morgan fingerprint density at radius 2 is 2.15 bits per heavy atom. The molecule has 0 bridgehead atoms. The molecule has 0 saturated carbocycles. The van der Waals surface area contributed by atoms with Crippen LogP contribution in [0.1, 0.15) is 36.8 Å². The minimum absolute atomic E-state index is 0.0384. The summed E-state index contributed by atoms with van der Waals surface area (Å²) in [6.45, 7) is 2.72. The highest BCUT2D eigenvalue weighted by molar-refractivity contribution is 7.80. The Hall–Kier alpha value is -1.00. The summed E-state index contributed by atoms with van der Waals surface area (Å²) < 4.78 is 0. The van der Waals surface area contributed by atoms with Crippen LogP contribution >= 0.6 is 12.6 Å². The van der Waals surface area contributed by atoms with Gasteiger partial charge < -0.3 is 11.1 Å². The van der Waals surface area contributed by atoms with E-state index >= 15 is 0 Å². The number of nitrogens with one attached hydrogen (secondary N) is 1. The van der Waals surface area contributed by atoms with Gasteiger partial charge in [-0.25, -0.2) is 0 Å². The molecule has 1 amide bonds. The van der Waals surface area contributed by atoms with Crippen molar-refractivity contribution >= 4 is 18.5 Å². The topological polar surface area (TPSA) is 55.1 Å². The van der Waals surface area contributed by atoms with Gasteiger partial charge in [0.25, 0.3) is 0 Å². The highest BCUT2D eigenvalue weighted by atomic mass is 32.1. The van der Waals surface area contributed by atoms with Crippen LogP contribution in [0.15, 0.2) is 24.3 Å². The predicted octanol–water partition coefficient (Wildman–Crippen LogP) is 2.47. The van der Waals surface area contributed by atoms with Crippen LogP contribution in [0.4, 0.5) is 0 Å². The number of hydrogen-bond donors (Lipinski definition) is 3. The normalized spacial score (nSPS) is 12.2. The average Bonchev–Trinajstić information content (AvgIpc) is 2.43. The molecule has 0 heterocycles. The molecule has 1 rings (SSSR count). The summed E-state index contributed by atoms with van der Waals surface area (Å²) in [6.07, 6.45) is 4.77.